The molecule has 0 atom stereocenters. The number of hydrogen-bond acceptors (Lipinski definition) is 6. The summed E-state index contributed by atoms with van der Waals surface area (Å²) in [6.45, 7) is 4.31. The molecule has 8 nitrogen and oxygen atoms in total. The molecular weight excluding hydrogens is 463 g/mol. The van der Waals surface area contributed by atoms with E-state index in [2.05, 4.69) is 55.1 Å². The van der Waals surface area contributed by atoms with Gasteiger partial charge in [-0.2, -0.15) is 5.10 Å². The van der Waals surface area contributed by atoms with E-state index in [4.69, 9.17) is 0 Å². The van der Waals surface area contributed by atoms with Crippen molar-refractivity contribution in [1.29, 1.82) is 0 Å². The SMILES string of the molecule is CN=C(NCCNc1ncnc2c1cnn2C)NCc1ccc(C)s1.I. The van der Waals surface area contributed by atoms with Crippen LogP contribution in [-0.4, -0.2) is 45.8 Å². The van der Waals surface area contributed by atoms with Crippen LogP contribution in [0, 0.1) is 6.92 Å². The number of hydrogen-bond donors (Lipinski definition) is 3. The van der Waals surface area contributed by atoms with Crippen molar-refractivity contribution < 1.29 is 0 Å². The molecule has 26 heavy (non-hydrogen) atoms. The number of anilines is 1. The number of aromatic nitrogens is 4. The smallest absolute Gasteiger partial charge is 0.191 e. The first kappa shape index (κ1) is 20.4. The normalized spacial score (nSPS) is 11.3. The largest absolute Gasteiger partial charge is 0.368 e. The molecule has 0 aliphatic heterocycles. The Bertz CT molecular complexity index is 872. The van der Waals surface area contributed by atoms with Crippen LogP contribution in [-0.2, 0) is 13.6 Å². The average molecular weight is 486 g/mol. The van der Waals surface area contributed by atoms with Crippen molar-refractivity contribution in [2.45, 2.75) is 13.5 Å². The summed E-state index contributed by atoms with van der Waals surface area (Å²) in [5, 5.41) is 15.0. The lowest BCUT2D eigenvalue weighted by Gasteiger charge is -2.12. The fourth-order valence-electron chi connectivity index (χ4n) is 2.44. The van der Waals surface area contributed by atoms with Gasteiger partial charge in [0.2, 0.25) is 0 Å². The molecule has 0 fully saturated rings. The van der Waals surface area contributed by atoms with Gasteiger partial charge in [0.05, 0.1) is 18.1 Å². The van der Waals surface area contributed by atoms with Gasteiger partial charge in [-0.25, -0.2) is 9.97 Å². The van der Waals surface area contributed by atoms with E-state index < -0.39 is 0 Å². The van der Waals surface area contributed by atoms with Gasteiger partial charge in [-0.05, 0) is 19.1 Å². The van der Waals surface area contributed by atoms with Crippen LogP contribution in [0.15, 0.2) is 29.6 Å². The molecule has 140 valence electrons. The Kier molecular flexibility index (Phi) is 7.57. The Morgan fingerprint density at radius 2 is 2.08 bits per heavy atom. The summed E-state index contributed by atoms with van der Waals surface area (Å²) in [7, 11) is 3.64. The quantitative estimate of drug-likeness (QED) is 0.214. The minimum Gasteiger partial charge on any atom is -0.368 e. The summed E-state index contributed by atoms with van der Waals surface area (Å²) in [6.07, 6.45) is 3.32. The molecule has 0 radical (unpaired) electrons. The van der Waals surface area contributed by atoms with Crippen LogP contribution in [0.5, 0.6) is 0 Å². The van der Waals surface area contributed by atoms with Gasteiger partial charge in [0.25, 0.3) is 0 Å². The first-order valence-corrected chi connectivity index (χ1v) is 8.85. The van der Waals surface area contributed by atoms with E-state index in [1.54, 1.807) is 35.6 Å². The maximum Gasteiger partial charge on any atom is 0.191 e. The Balaban J connectivity index is 0.00000243. The second-order valence-corrected chi connectivity index (χ2v) is 6.89. The number of thiophene rings is 1. The molecule has 3 aromatic heterocycles. The highest BCUT2D eigenvalue weighted by Gasteiger charge is 2.07. The molecule has 0 aliphatic rings. The minimum absolute atomic E-state index is 0. The fraction of sp³-hybridized carbons (Fsp3) is 0.375. The molecule has 3 rings (SSSR count). The van der Waals surface area contributed by atoms with E-state index in [0.29, 0.717) is 6.54 Å². The molecule has 0 bridgehead atoms. The van der Waals surface area contributed by atoms with Crippen molar-refractivity contribution in [2.75, 3.05) is 25.5 Å². The maximum absolute atomic E-state index is 4.29. The number of aryl methyl sites for hydroxylation is 2. The van der Waals surface area contributed by atoms with Crippen LogP contribution in [0.3, 0.4) is 0 Å². The van der Waals surface area contributed by atoms with Gasteiger partial charge in [-0.15, -0.1) is 35.3 Å². The van der Waals surface area contributed by atoms with Crippen LogP contribution in [0.2, 0.25) is 0 Å². The van der Waals surface area contributed by atoms with E-state index in [9.17, 15) is 0 Å². The molecule has 3 heterocycles. The Morgan fingerprint density at radius 3 is 2.81 bits per heavy atom. The molecule has 3 aromatic rings. The molecule has 3 N–H and O–H groups in total. The van der Waals surface area contributed by atoms with Crippen LogP contribution < -0.4 is 16.0 Å². The highest BCUT2D eigenvalue weighted by Crippen LogP contribution is 2.17. The summed E-state index contributed by atoms with van der Waals surface area (Å²) in [5.74, 6) is 1.57. The minimum atomic E-state index is 0. The van der Waals surface area contributed by atoms with Crippen LogP contribution in [0.25, 0.3) is 11.0 Å². The van der Waals surface area contributed by atoms with E-state index in [1.165, 1.54) is 9.75 Å². The maximum atomic E-state index is 4.29. The Morgan fingerprint density at radius 1 is 1.23 bits per heavy atom. The molecule has 0 aliphatic carbocycles. The second-order valence-electron chi connectivity index (χ2n) is 5.52. The lowest BCUT2D eigenvalue weighted by molar-refractivity contribution is 0.785. The number of nitrogens with one attached hydrogen (secondary N) is 3. The topological polar surface area (TPSA) is 92.1 Å². The lowest BCUT2D eigenvalue weighted by Crippen LogP contribution is -2.39. The summed E-state index contributed by atoms with van der Waals surface area (Å²) in [6, 6.07) is 4.26. The molecule has 10 heteroatoms. The Labute approximate surface area is 173 Å². The molecule has 0 amide bonds. The number of nitrogens with zero attached hydrogens (tertiary/aromatic N) is 5. The third-order valence-electron chi connectivity index (χ3n) is 3.69. The molecule has 0 aromatic carbocycles. The molecular formula is C16H23IN8S. The van der Waals surface area contributed by atoms with Crippen molar-refractivity contribution in [2.24, 2.45) is 12.0 Å². The van der Waals surface area contributed by atoms with Crippen molar-refractivity contribution in [3.63, 3.8) is 0 Å². The van der Waals surface area contributed by atoms with Crippen molar-refractivity contribution >= 4 is 58.1 Å². The molecule has 0 saturated heterocycles. The van der Waals surface area contributed by atoms with Gasteiger partial charge in [-0.1, -0.05) is 0 Å². The molecule has 0 spiro atoms. The number of fused-ring (bicyclic) bond motifs is 1. The van der Waals surface area contributed by atoms with Crippen molar-refractivity contribution in [1.82, 2.24) is 30.4 Å². The predicted octanol–water partition coefficient (Wildman–Crippen LogP) is 2.13. The summed E-state index contributed by atoms with van der Waals surface area (Å²) < 4.78 is 1.73. The van der Waals surface area contributed by atoms with Gasteiger partial charge in [0.15, 0.2) is 11.6 Å². The van der Waals surface area contributed by atoms with Gasteiger partial charge in [0, 0.05) is 36.9 Å². The fourth-order valence-corrected chi connectivity index (χ4v) is 3.27. The van der Waals surface area contributed by atoms with Gasteiger partial charge in [-0.3, -0.25) is 9.67 Å². The second kappa shape index (κ2) is 9.67. The third-order valence-corrected chi connectivity index (χ3v) is 4.69. The number of rotatable bonds is 6. The Hall–Kier alpha value is -1.95. The lowest BCUT2D eigenvalue weighted by atomic mass is 10.4. The predicted molar refractivity (Wildman–Crippen MR) is 117 cm³/mol. The monoisotopic (exact) mass is 486 g/mol. The van der Waals surface area contributed by atoms with E-state index in [1.807, 2.05) is 7.05 Å². The van der Waals surface area contributed by atoms with Crippen LogP contribution >= 0.6 is 35.3 Å². The summed E-state index contributed by atoms with van der Waals surface area (Å²) >= 11 is 1.79. The first-order valence-electron chi connectivity index (χ1n) is 8.04. The van der Waals surface area contributed by atoms with Gasteiger partial charge < -0.3 is 16.0 Å². The van der Waals surface area contributed by atoms with Crippen molar-refractivity contribution in [3.8, 4) is 0 Å². The third kappa shape index (κ3) is 5.04. The van der Waals surface area contributed by atoms with Crippen LogP contribution in [0.1, 0.15) is 9.75 Å². The van der Waals surface area contributed by atoms with Crippen molar-refractivity contribution in [3.05, 3.63) is 34.4 Å². The average Bonchev–Trinajstić information content (AvgIpc) is 3.21. The van der Waals surface area contributed by atoms with Gasteiger partial charge in [0.1, 0.15) is 12.1 Å². The zero-order chi connectivity index (χ0) is 17.6. The first-order chi connectivity index (χ1) is 12.2. The highest BCUT2D eigenvalue weighted by molar-refractivity contribution is 14.0. The standard InChI is InChI=1S/C16H22N8S.HI/c1-11-4-5-12(25-11)8-20-16(17-2)19-7-6-18-14-13-9-23-24(3)15(13)22-10-21-14;/h4-5,9-10H,6-8H2,1-3H3,(H2,17,19,20)(H,18,21,22);1H. The summed E-state index contributed by atoms with van der Waals surface area (Å²) in [4.78, 5) is 15.4. The number of aliphatic imine (C=N–C) groups is 1. The number of guanidine groups is 1. The van der Waals surface area contributed by atoms with E-state index in [-0.39, 0.29) is 24.0 Å². The summed E-state index contributed by atoms with van der Waals surface area (Å²) in [5.41, 5.74) is 0.814. The van der Waals surface area contributed by atoms with E-state index in [0.717, 1.165) is 35.9 Å². The zero-order valence-electron chi connectivity index (χ0n) is 15.0. The van der Waals surface area contributed by atoms with E-state index >= 15 is 0 Å². The van der Waals surface area contributed by atoms with Crippen LogP contribution in [0.4, 0.5) is 5.82 Å². The zero-order valence-corrected chi connectivity index (χ0v) is 18.1. The highest BCUT2D eigenvalue weighted by atomic mass is 127. The molecule has 0 saturated carbocycles. The van der Waals surface area contributed by atoms with Gasteiger partial charge >= 0.3 is 0 Å². The number of halogens is 1. The molecule has 0 unspecified atom stereocenters.